The zero-order valence-corrected chi connectivity index (χ0v) is 10.9. The van der Waals surface area contributed by atoms with E-state index in [1.165, 1.54) is 0 Å². The first kappa shape index (κ1) is 11.1. The van der Waals surface area contributed by atoms with Crippen molar-refractivity contribution in [1.82, 2.24) is 0 Å². The maximum atomic E-state index is 14.4. The van der Waals surface area contributed by atoms with Gasteiger partial charge in [0.15, 0.2) is 12.4 Å². The fraction of sp³-hybridized carbons (Fsp3) is 0.0588. The quantitative estimate of drug-likeness (QED) is 0.385. The topological polar surface area (TPSA) is 7.76 Å². The van der Waals surface area contributed by atoms with Crippen molar-refractivity contribution < 1.29 is 17.9 Å². The van der Waals surface area contributed by atoms with Crippen molar-refractivity contribution in [3.63, 3.8) is 0 Å². The van der Waals surface area contributed by atoms with E-state index >= 15 is 0 Å². The molecular weight excluding hydrogens is 270 g/mol. The van der Waals surface area contributed by atoms with Gasteiger partial charge in [-0.15, -0.1) is 9.13 Å². The van der Waals surface area contributed by atoms with Crippen LogP contribution in [0.25, 0.3) is 22.5 Å². The van der Waals surface area contributed by atoms with E-state index < -0.39 is 11.6 Å². The van der Waals surface area contributed by atoms with Gasteiger partial charge in [0, 0.05) is 30.3 Å². The smallest absolute Gasteiger partial charge is 0.206 e. The summed E-state index contributed by atoms with van der Waals surface area (Å²) in [5.41, 5.74) is 3.34. The molecule has 2 aliphatic heterocycles. The molecule has 0 aliphatic carbocycles. The second-order valence-electron chi connectivity index (χ2n) is 5.36. The number of pyridine rings is 2. The number of hydrogen-bond donors (Lipinski definition) is 0. The number of fused-ring (bicyclic) bond motifs is 6. The van der Waals surface area contributed by atoms with E-state index in [4.69, 9.17) is 0 Å². The molecule has 0 unspecified atom stereocenters. The van der Waals surface area contributed by atoms with Gasteiger partial charge in [-0.2, -0.15) is 0 Å². The molecule has 21 heavy (non-hydrogen) atoms. The lowest BCUT2D eigenvalue weighted by atomic mass is 9.99. The van der Waals surface area contributed by atoms with Crippen LogP contribution < -0.4 is 9.13 Å². The molecule has 0 amide bonds. The molecule has 0 fully saturated rings. The molecule has 0 saturated heterocycles. The molecule has 4 heteroatoms. The van der Waals surface area contributed by atoms with Crippen molar-refractivity contribution in [3.05, 3.63) is 72.1 Å². The monoisotopic (exact) mass is 280 g/mol. The number of aromatic nitrogens is 2. The summed E-state index contributed by atoms with van der Waals surface area (Å²) in [4.78, 5) is 0. The number of halogens is 2. The first-order valence-electron chi connectivity index (χ1n) is 6.80. The molecule has 2 aliphatic rings. The molecule has 0 N–H and O–H groups in total. The van der Waals surface area contributed by atoms with Crippen LogP contribution in [0.15, 0.2) is 54.9 Å². The summed E-state index contributed by atoms with van der Waals surface area (Å²) in [7, 11) is 0. The van der Waals surface area contributed by atoms with Crippen molar-refractivity contribution in [2.75, 3.05) is 0 Å². The van der Waals surface area contributed by atoms with Gasteiger partial charge in [-0.1, -0.05) is 0 Å². The lowest BCUT2D eigenvalue weighted by Gasteiger charge is -2.01. The maximum Gasteiger partial charge on any atom is 0.382 e. The SMILES string of the molecule is Fc1cc(F)c2c3c1-c1cccc[n+]1C3[n+]1ccccc1-2. The predicted octanol–water partition coefficient (Wildman–Crippen LogP) is 2.60. The zero-order valence-electron chi connectivity index (χ0n) is 10.9. The van der Waals surface area contributed by atoms with E-state index in [-0.39, 0.29) is 6.17 Å². The van der Waals surface area contributed by atoms with Gasteiger partial charge in [-0.05, 0) is 12.1 Å². The number of benzene rings is 1. The molecule has 5 rings (SSSR count). The van der Waals surface area contributed by atoms with Crippen molar-refractivity contribution in [2.24, 2.45) is 0 Å². The molecule has 2 nitrogen and oxygen atoms in total. The largest absolute Gasteiger partial charge is 0.382 e. The lowest BCUT2D eigenvalue weighted by Crippen LogP contribution is -2.54. The second kappa shape index (κ2) is 3.52. The molecular formula is C17H10F2N2+2. The van der Waals surface area contributed by atoms with E-state index in [1.807, 2.05) is 57.9 Å². The summed E-state index contributed by atoms with van der Waals surface area (Å²) in [6.07, 6.45) is 3.62. The minimum atomic E-state index is -0.498. The highest BCUT2D eigenvalue weighted by Crippen LogP contribution is 2.44. The van der Waals surface area contributed by atoms with Crippen LogP contribution in [-0.4, -0.2) is 0 Å². The first-order chi connectivity index (χ1) is 10.3. The molecule has 3 aromatic rings. The third-order valence-corrected chi connectivity index (χ3v) is 4.35. The van der Waals surface area contributed by atoms with Gasteiger partial charge in [0.1, 0.15) is 28.3 Å². The summed E-state index contributed by atoms with van der Waals surface area (Å²) in [6, 6.07) is 12.3. The minimum absolute atomic E-state index is 0.201. The normalized spacial score (nSPS) is 14.0. The van der Waals surface area contributed by atoms with Gasteiger partial charge < -0.3 is 0 Å². The lowest BCUT2D eigenvalue weighted by molar-refractivity contribution is -0.917. The Morgan fingerprint density at radius 2 is 1.29 bits per heavy atom. The van der Waals surface area contributed by atoms with Crippen molar-refractivity contribution in [2.45, 2.75) is 6.17 Å². The van der Waals surface area contributed by atoms with Crippen molar-refractivity contribution in [1.29, 1.82) is 0 Å². The summed E-state index contributed by atoms with van der Waals surface area (Å²) < 4.78 is 32.7. The Morgan fingerprint density at radius 3 is 1.81 bits per heavy atom. The van der Waals surface area contributed by atoms with Crippen LogP contribution >= 0.6 is 0 Å². The summed E-state index contributed by atoms with van der Waals surface area (Å²) in [6.45, 7) is 0. The van der Waals surface area contributed by atoms with Crippen LogP contribution in [-0.2, 0) is 0 Å². The molecule has 0 saturated carbocycles. The van der Waals surface area contributed by atoms with Crippen LogP contribution in [0.3, 0.4) is 0 Å². The van der Waals surface area contributed by atoms with E-state index in [9.17, 15) is 8.78 Å². The van der Waals surface area contributed by atoms with Crippen LogP contribution in [0.2, 0.25) is 0 Å². The van der Waals surface area contributed by atoms with Crippen LogP contribution in [0, 0.1) is 11.6 Å². The second-order valence-corrected chi connectivity index (χ2v) is 5.36. The third-order valence-electron chi connectivity index (χ3n) is 4.35. The Bertz CT molecular complexity index is 862. The van der Waals surface area contributed by atoms with Crippen LogP contribution in [0.1, 0.15) is 11.7 Å². The minimum Gasteiger partial charge on any atom is -0.206 e. The summed E-state index contributed by atoms with van der Waals surface area (Å²) in [5, 5.41) is 0. The van der Waals surface area contributed by atoms with E-state index in [2.05, 4.69) is 0 Å². The number of rotatable bonds is 0. The Balaban J connectivity index is 2.02. The molecule has 0 spiro atoms. The van der Waals surface area contributed by atoms with Gasteiger partial charge in [0.2, 0.25) is 11.4 Å². The number of hydrogen-bond acceptors (Lipinski definition) is 0. The maximum absolute atomic E-state index is 14.4. The molecule has 1 aromatic carbocycles. The fourth-order valence-electron chi connectivity index (χ4n) is 3.59. The van der Waals surface area contributed by atoms with Gasteiger partial charge in [0.05, 0.1) is 0 Å². The highest BCUT2D eigenvalue weighted by Gasteiger charge is 2.54. The van der Waals surface area contributed by atoms with Crippen LogP contribution in [0.4, 0.5) is 8.78 Å². The third kappa shape index (κ3) is 1.17. The fourth-order valence-corrected chi connectivity index (χ4v) is 3.59. The average molecular weight is 280 g/mol. The van der Waals surface area contributed by atoms with Gasteiger partial charge in [0.25, 0.3) is 0 Å². The van der Waals surface area contributed by atoms with Crippen molar-refractivity contribution in [3.8, 4) is 22.5 Å². The zero-order chi connectivity index (χ0) is 14.1. The molecule has 0 atom stereocenters. The summed E-state index contributed by atoms with van der Waals surface area (Å²) in [5.74, 6) is -0.996. The van der Waals surface area contributed by atoms with E-state index in [0.29, 0.717) is 11.1 Å². The van der Waals surface area contributed by atoms with Gasteiger partial charge in [-0.3, -0.25) is 0 Å². The van der Waals surface area contributed by atoms with Crippen LogP contribution in [0.5, 0.6) is 0 Å². The highest BCUT2D eigenvalue weighted by molar-refractivity contribution is 5.78. The molecule has 100 valence electrons. The molecule has 0 bridgehead atoms. The van der Waals surface area contributed by atoms with Gasteiger partial charge in [-0.25, -0.2) is 8.78 Å². The van der Waals surface area contributed by atoms with E-state index in [1.54, 1.807) is 0 Å². The average Bonchev–Trinajstić information content (AvgIpc) is 2.99. The summed E-state index contributed by atoms with van der Waals surface area (Å²) >= 11 is 0. The Morgan fingerprint density at radius 1 is 0.762 bits per heavy atom. The van der Waals surface area contributed by atoms with Gasteiger partial charge >= 0.3 is 6.17 Å². The van der Waals surface area contributed by atoms with Crippen molar-refractivity contribution >= 4 is 0 Å². The first-order valence-corrected chi connectivity index (χ1v) is 6.80. The Kier molecular flexibility index (Phi) is 1.86. The Labute approximate surface area is 119 Å². The standard InChI is InChI=1S/C17H10F2N2/c18-10-9-11(19)15-13-6-2-4-8-21(13)17-16(15)14(10)12-5-1-3-7-20(12)17/h1-9,17H/q+2. The highest BCUT2D eigenvalue weighted by atomic mass is 19.1. The molecule has 0 radical (unpaired) electrons. The predicted molar refractivity (Wildman–Crippen MR) is 71.2 cm³/mol. The molecule has 2 aromatic heterocycles. The number of nitrogens with zero attached hydrogens (tertiary/aromatic N) is 2. The Hall–Kier alpha value is -2.62. The van der Waals surface area contributed by atoms with E-state index in [0.717, 1.165) is 23.0 Å². The molecule has 4 heterocycles.